The summed E-state index contributed by atoms with van der Waals surface area (Å²) in [5, 5.41) is 13.6. The first kappa shape index (κ1) is 18.1. The number of benzene rings is 2. The quantitative estimate of drug-likeness (QED) is 0.405. The number of nitro benzene ring substituents is 1. The largest absolute Gasteiger partial charge is 0.467 e. The molecule has 0 bridgehead atoms. The van der Waals surface area contributed by atoms with Crippen molar-refractivity contribution in [3.63, 3.8) is 0 Å². The Kier molecular flexibility index (Phi) is 4.40. The summed E-state index contributed by atoms with van der Waals surface area (Å²) in [5.41, 5.74) is 0.198. The molecule has 0 spiro atoms. The molecule has 0 radical (unpaired) electrons. The number of nitrogens with one attached hydrogen (secondary N) is 1. The highest BCUT2D eigenvalue weighted by Crippen LogP contribution is 2.31. The van der Waals surface area contributed by atoms with Gasteiger partial charge in [-0.05, 0) is 36.4 Å². The van der Waals surface area contributed by atoms with E-state index in [1.165, 1.54) is 30.5 Å². The van der Waals surface area contributed by atoms with Crippen LogP contribution in [0, 0.1) is 10.1 Å². The Hall–Kier alpha value is -4.27. The molecule has 1 aliphatic heterocycles. The lowest BCUT2D eigenvalue weighted by molar-refractivity contribution is -0.384. The zero-order valence-corrected chi connectivity index (χ0v) is 14.8. The van der Waals surface area contributed by atoms with Gasteiger partial charge in [0, 0.05) is 17.7 Å². The number of anilines is 1. The summed E-state index contributed by atoms with van der Waals surface area (Å²) in [6.45, 7) is 0.187. The Morgan fingerprint density at radius 2 is 1.83 bits per heavy atom. The van der Waals surface area contributed by atoms with E-state index >= 15 is 0 Å². The predicted octanol–water partition coefficient (Wildman–Crippen LogP) is 2.92. The molecule has 2 aromatic carbocycles. The predicted molar refractivity (Wildman–Crippen MR) is 101 cm³/mol. The number of nitro groups is 1. The van der Waals surface area contributed by atoms with Crippen molar-refractivity contribution in [1.29, 1.82) is 0 Å². The lowest BCUT2D eigenvalue weighted by atomic mass is 10.1. The third-order valence-corrected chi connectivity index (χ3v) is 4.45. The van der Waals surface area contributed by atoms with E-state index in [9.17, 15) is 24.5 Å². The van der Waals surface area contributed by atoms with Crippen LogP contribution in [0.5, 0.6) is 0 Å². The molecule has 1 N–H and O–H groups in total. The molecule has 1 aliphatic rings. The van der Waals surface area contributed by atoms with Crippen molar-refractivity contribution in [2.75, 3.05) is 4.90 Å². The zero-order chi connectivity index (χ0) is 20.5. The number of fused-ring (bicyclic) bond motifs is 1. The van der Waals surface area contributed by atoms with Crippen LogP contribution in [0.3, 0.4) is 0 Å². The van der Waals surface area contributed by atoms with Crippen molar-refractivity contribution in [3.8, 4) is 0 Å². The van der Waals surface area contributed by atoms with Gasteiger partial charge in [0.05, 0.1) is 34.5 Å². The monoisotopic (exact) mass is 391 g/mol. The van der Waals surface area contributed by atoms with E-state index in [0.29, 0.717) is 5.76 Å². The van der Waals surface area contributed by atoms with E-state index in [0.717, 1.165) is 11.0 Å². The Balaban J connectivity index is 1.59. The molecule has 0 aliphatic carbocycles. The molecule has 29 heavy (non-hydrogen) atoms. The average Bonchev–Trinajstić information content (AvgIpc) is 3.33. The van der Waals surface area contributed by atoms with Crippen LogP contribution >= 0.6 is 0 Å². The maximum Gasteiger partial charge on any atom is 0.270 e. The summed E-state index contributed by atoms with van der Waals surface area (Å²) in [6, 6.07) is 12.9. The van der Waals surface area contributed by atoms with Crippen molar-refractivity contribution >= 4 is 29.1 Å². The number of non-ortho nitro benzene ring substituents is 1. The van der Waals surface area contributed by atoms with Gasteiger partial charge >= 0.3 is 0 Å². The Morgan fingerprint density at radius 1 is 1.03 bits per heavy atom. The van der Waals surface area contributed by atoms with Gasteiger partial charge in [-0.1, -0.05) is 6.07 Å². The molecule has 2 heterocycles. The number of imide groups is 1. The average molecular weight is 391 g/mol. The molecule has 0 saturated heterocycles. The normalized spacial score (nSPS) is 12.8. The van der Waals surface area contributed by atoms with Crippen LogP contribution in [-0.4, -0.2) is 22.6 Å². The van der Waals surface area contributed by atoms with Crippen molar-refractivity contribution in [3.05, 3.63) is 93.4 Å². The smallest absolute Gasteiger partial charge is 0.270 e. The van der Waals surface area contributed by atoms with Gasteiger partial charge in [0.1, 0.15) is 5.76 Å². The van der Waals surface area contributed by atoms with Gasteiger partial charge in [0.2, 0.25) is 0 Å². The molecule has 9 heteroatoms. The molecule has 3 aromatic rings. The second-order valence-corrected chi connectivity index (χ2v) is 6.25. The molecule has 1 aromatic heterocycles. The number of carbonyl (C=O) groups excluding carboxylic acids is 3. The summed E-state index contributed by atoms with van der Waals surface area (Å²) in [5.74, 6) is -1.11. The Morgan fingerprint density at radius 3 is 2.55 bits per heavy atom. The second-order valence-electron chi connectivity index (χ2n) is 6.25. The van der Waals surface area contributed by atoms with E-state index in [-0.39, 0.29) is 34.6 Å². The summed E-state index contributed by atoms with van der Waals surface area (Å²) >= 11 is 0. The van der Waals surface area contributed by atoms with Gasteiger partial charge < -0.3 is 9.73 Å². The number of hydrogen-bond donors (Lipinski definition) is 1. The molecule has 0 atom stereocenters. The van der Waals surface area contributed by atoms with Crippen LogP contribution in [0.2, 0.25) is 0 Å². The van der Waals surface area contributed by atoms with Gasteiger partial charge in [0.15, 0.2) is 0 Å². The summed E-state index contributed by atoms with van der Waals surface area (Å²) in [6.07, 6.45) is 1.49. The number of furan rings is 1. The zero-order valence-electron chi connectivity index (χ0n) is 14.8. The highest BCUT2D eigenvalue weighted by Gasteiger charge is 2.38. The maximum atomic E-state index is 12.7. The second kappa shape index (κ2) is 7.04. The molecule has 144 valence electrons. The third kappa shape index (κ3) is 3.25. The van der Waals surface area contributed by atoms with E-state index in [1.807, 2.05) is 0 Å². The topological polar surface area (TPSA) is 123 Å². The minimum atomic E-state index is -0.679. The molecular weight excluding hydrogens is 378 g/mol. The lowest BCUT2D eigenvalue weighted by Crippen LogP contribution is -2.30. The van der Waals surface area contributed by atoms with E-state index in [1.54, 1.807) is 24.3 Å². The van der Waals surface area contributed by atoms with Crippen LogP contribution in [0.1, 0.15) is 36.8 Å². The number of amides is 3. The molecule has 0 unspecified atom stereocenters. The lowest BCUT2D eigenvalue weighted by Gasteiger charge is -2.15. The first-order chi connectivity index (χ1) is 14.0. The maximum absolute atomic E-state index is 12.7. The van der Waals surface area contributed by atoms with Gasteiger partial charge in [-0.3, -0.25) is 24.5 Å². The minimum Gasteiger partial charge on any atom is -0.467 e. The Bertz CT molecular complexity index is 1150. The Labute approximate surface area is 163 Å². The first-order valence-electron chi connectivity index (χ1n) is 8.53. The van der Waals surface area contributed by atoms with Crippen LogP contribution in [0.4, 0.5) is 11.4 Å². The van der Waals surface area contributed by atoms with Gasteiger partial charge in [-0.25, -0.2) is 4.90 Å². The molecule has 0 fully saturated rings. The molecule has 3 amide bonds. The highest BCUT2D eigenvalue weighted by atomic mass is 16.6. The SMILES string of the molecule is O=C(NCc1ccco1)c1cccc(N2C(=O)c3ccc([N+](=O)[O-])cc3C2=O)c1. The summed E-state index contributed by atoms with van der Waals surface area (Å²) in [4.78, 5) is 49.0. The van der Waals surface area contributed by atoms with Gasteiger partial charge in [0.25, 0.3) is 23.4 Å². The molecular formula is C20H13N3O6. The van der Waals surface area contributed by atoms with Crippen molar-refractivity contribution in [1.82, 2.24) is 5.32 Å². The van der Waals surface area contributed by atoms with Crippen molar-refractivity contribution < 1.29 is 23.7 Å². The summed E-state index contributed by atoms with van der Waals surface area (Å²) < 4.78 is 5.15. The van der Waals surface area contributed by atoms with Crippen LogP contribution in [0.15, 0.2) is 65.3 Å². The fraction of sp³-hybridized carbons (Fsp3) is 0.0500. The number of carbonyl (C=O) groups is 3. The fourth-order valence-corrected chi connectivity index (χ4v) is 3.05. The van der Waals surface area contributed by atoms with Crippen molar-refractivity contribution in [2.45, 2.75) is 6.54 Å². The molecule has 0 saturated carbocycles. The van der Waals surface area contributed by atoms with Gasteiger partial charge in [-0.15, -0.1) is 0 Å². The fourth-order valence-electron chi connectivity index (χ4n) is 3.05. The van der Waals surface area contributed by atoms with Crippen molar-refractivity contribution in [2.24, 2.45) is 0 Å². The van der Waals surface area contributed by atoms with E-state index in [4.69, 9.17) is 4.42 Å². The van der Waals surface area contributed by atoms with E-state index in [2.05, 4.69) is 5.32 Å². The molecule has 4 rings (SSSR count). The highest BCUT2D eigenvalue weighted by molar-refractivity contribution is 6.34. The third-order valence-electron chi connectivity index (χ3n) is 4.45. The van der Waals surface area contributed by atoms with E-state index < -0.39 is 22.6 Å². The summed E-state index contributed by atoms with van der Waals surface area (Å²) in [7, 11) is 0. The van der Waals surface area contributed by atoms with Crippen LogP contribution in [-0.2, 0) is 6.54 Å². The van der Waals surface area contributed by atoms with Gasteiger partial charge in [-0.2, -0.15) is 0 Å². The molecule has 9 nitrogen and oxygen atoms in total. The number of rotatable bonds is 5. The number of hydrogen-bond acceptors (Lipinski definition) is 6. The first-order valence-corrected chi connectivity index (χ1v) is 8.53. The van der Waals surface area contributed by atoms with Crippen LogP contribution in [0.25, 0.3) is 0 Å². The minimum absolute atomic E-state index is 0.0446. The number of nitrogens with zero attached hydrogens (tertiary/aromatic N) is 2. The van der Waals surface area contributed by atoms with Crippen LogP contribution < -0.4 is 10.2 Å². The standard InChI is InChI=1S/C20H13N3O6/c24-18(21-11-15-5-2-8-29-15)12-3-1-4-13(9-12)22-19(25)16-7-6-14(23(27)28)10-17(16)20(22)26/h1-10H,11H2,(H,21,24).